The molecule has 3 aromatic carbocycles. The predicted octanol–water partition coefficient (Wildman–Crippen LogP) is 7.07. The highest BCUT2D eigenvalue weighted by atomic mass is 127. The summed E-state index contributed by atoms with van der Waals surface area (Å²) < 4.78 is 13.6. The maximum absolute atomic E-state index is 12.6. The molecule has 0 spiro atoms. The average Bonchev–Trinajstić information content (AvgIpc) is 2.78. The first kappa shape index (κ1) is 25.3. The van der Waals surface area contributed by atoms with Crippen LogP contribution in [0, 0.1) is 18.5 Å². The number of carbonyl (C=O) groups excluding carboxylic acids is 1. The van der Waals surface area contributed by atoms with Gasteiger partial charge in [-0.1, -0.05) is 35.9 Å². The van der Waals surface area contributed by atoms with Crippen molar-refractivity contribution in [1.29, 1.82) is 5.26 Å². The van der Waals surface area contributed by atoms with Gasteiger partial charge in [0.2, 0.25) is 0 Å². The SMILES string of the molecule is CCOc1cc(/C=C(\C#N)C(=O)Nc2cccc(I)c2)cc(I)c1OCc1ccccc1Cl. The van der Waals surface area contributed by atoms with Crippen LogP contribution in [0.4, 0.5) is 5.69 Å². The van der Waals surface area contributed by atoms with Crippen LogP contribution in [0.25, 0.3) is 6.08 Å². The molecule has 3 aromatic rings. The Morgan fingerprint density at radius 3 is 2.61 bits per heavy atom. The summed E-state index contributed by atoms with van der Waals surface area (Å²) in [4.78, 5) is 12.6. The van der Waals surface area contributed by atoms with Crippen LogP contribution < -0.4 is 14.8 Å². The van der Waals surface area contributed by atoms with Gasteiger partial charge >= 0.3 is 0 Å². The van der Waals surface area contributed by atoms with E-state index < -0.39 is 5.91 Å². The van der Waals surface area contributed by atoms with Gasteiger partial charge in [0.15, 0.2) is 11.5 Å². The zero-order valence-corrected chi connectivity index (χ0v) is 22.6. The lowest BCUT2D eigenvalue weighted by Crippen LogP contribution is -2.13. The zero-order chi connectivity index (χ0) is 23.8. The molecule has 0 saturated carbocycles. The Kier molecular flexibility index (Phi) is 9.41. The van der Waals surface area contributed by atoms with Crippen molar-refractivity contribution in [2.75, 3.05) is 11.9 Å². The van der Waals surface area contributed by atoms with E-state index in [1.807, 2.05) is 61.5 Å². The Labute approximate surface area is 225 Å². The minimum atomic E-state index is -0.480. The quantitative estimate of drug-likeness (QED) is 0.157. The number of hydrogen-bond donors (Lipinski definition) is 1. The number of nitriles is 1. The van der Waals surface area contributed by atoms with Crippen molar-refractivity contribution >= 4 is 74.5 Å². The Balaban J connectivity index is 1.86. The topological polar surface area (TPSA) is 71.3 Å². The molecule has 3 rings (SSSR count). The van der Waals surface area contributed by atoms with E-state index in [1.54, 1.807) is 12.1 Å². The van der Waals surface area contributed by atoms with E-state index in [9.17, 15) is 10.1 Å². The summed E-state index contributed by atoms with van der Waals surface area (Å²) in [5, 5.41) is 13.0. The maximum Gasteiger partial charge on any atom is 0.266 e. The molecule has 0 fully saturated rings. The molecule has 0 aliphatic rings. The number of hydrogen-bond acceptors (Lipinski definition) is 4. The first-order valence-electron chi connectivity index (χ1n) is 9.92. The zero-order valence-electron chi connectivity index (χ0n) is 17.6. The van der Waals surface area contributed by atoms with Crippen LogP contribution in [0.2, 0.25) is 5.02 Å². The lowest BCUT2D eigenvalue weighted by Gasteiger charge is -2.15. The molecular weight excluding hydrogens is 666 g/mol. The maximum atomic E-state index is 12.6. The van der Waals surface area contributed by atoms with Gasteiger partial charge in [0, 0.05) is 19.8 Å². The third kappa shape index (κ3) is 7.09. The molecular formula is C25H19ClI2N2O3. The van der Waals surface area contributed by atoms with Gasteiger partial charge in [-0.25, -0.2) is 0 Å². The molecule has 0 radical (unpaired) electrons. The first-order valence-corrected chi connectivity index (χ1v) is 12.5. The van der Waals surface area contributed by atoms with Crippen LogP contribution in [0.15, 0.2) is 66.2 Å². The summed E-state index contributed by atoms with van der Waals surface area (Å²) in [6.45, 7) is 2.60. The fourth-order valence-corrected chi connectivity index (χ4v) is 4.43. The average molecular weight is 685 g/mol. The molecule has 0 bridgehead atoms. The fourth-order valence-electron chi connectivity index (χ4n) is 2.92. The van der Waals surface area contributed by atoms with Gasteiger partial charge < -0.3 is 14.8 Å². The molecule has 0 atom stereocenters. The lowest BCUT2D eigenvalue weighted by molar-refractivity contribution is -0.112. The molecule has 33 heavy (non-hydrogen) atoms. The highest BCUT2D eigenvalue weighted by Gasteiger charge is 2.15. The molecule has 8 heteroatoms. The largest absolute Gasteiger partial charge is 0.490 e. The molecule has 0 aromatic heterocycles. The normalized spacial score (nSPS) is 10.9. The van der Waals surface area contributed by atoms with Gasteiger partial charge in [0.1, 0.15) is 18.2 Å². The number of anilines is 1. The van der Waals surface area contributed by atoms with Crippen molar-refractivity contribution in [2.24, 2.45) is 0 Å². The third-order valence-corrected chi connectivity index (χ3v) is 6.26. The number of amides is 1. The molecule has 1 amide bonds. The van der Waals surface area contributed by atoms with E-state index in [0.29, 0.717) is 34.4 Å². The summed E-state index contributed by atoms with van der Waals surface area (Å²) >= 11 is 10.5. The standard InChI is InChI=1S/C25H19ClI2N2O3/c1-2-32-23-12-16(10-18(14-29)25(31)30-20-8-5-7-19(27)13-20)11-22(28)24(23)33-15-17-6-3-4-9-21(17)26/h3-13H,2,15H2,1H3,(H,30,31)/b18-10+. The van der Waals surface area contributed by atoms with E-state index in [-0.39, 0.29) is 12.2 Å². The van der Waals surface area contributed by atoms with Crippen LogP contribution in [-0.2, 0) is 11.4 Å². The molecule has 5 nitrogen and oxygen atoms in total. The number of ether oxygens (including phenoxy) is 2. The second-order valence-corrected chi connectivity index (χ2v) is 9.59. The number of benzene rings is 3. The summed E-state index contributed by atoms with van der Waals surface area (Å²) in [6, 6.07) is 20.4. The molecule has 0 heterocycles. The molecule has 168 valence electrons. The van der Waals surface area contributed by atoms with Crippen molar-refractivity contribution in [3.8, 4) is 17.6 Å². The highest BCUT2D eigenvalue weighted by Crippen LogP contribution is 2.36. The Hall–Kier alpha value is -2.29. The van der Waals surface area contributed by atoms with Gasteiger partial charge in [-0.2, -0.15) is 5.26 Å². The monoisotopic (exact) mass is 684 g/mol. The highest BCUT2D eigenvalue weighted by molar-refractivity contribution is 14.1. The van der Waals surface area contributed by atoms with E-state index >= 15 is 0 Å². The van der Waals surface area contributed by atoms with Crippen molar-refractivity contribution in [2.45, 2.75) is 13.5 Å². The first-order chi connectivity index (χ1) is 15.9. The van der Waals surface area contributed by atoms with Gasteiger partial charge in [0.05, 0.1) is 10.2 Å². The lowest BCUT2D eigenvalue weighted by atomic mass is 10.1. The molecule has 0 unspecified atom stereocenters. The molecule has 0 aliphatic carbocycles. The van der Waals surface area contributed by atoms with Crippen molar-refractivity contribution in [3.63, 3.8) is 0 Å². The van der Waals surface area contributed by atoms with Crippen molar-refractivity contribution < 1.29 is 14.3 Å². The van der Waals surface area contributed by atoms with E-state index in [1.165, 1.54) is 6.08 Å². The van der Waals surface area contributed by atoms with Gasteiger partial charge in [-0.3, -0.25) is 4.79 Å². The fraction of sp³-hybridized carbons (Fsp3) is 0.120. The molecule has 0 aliphatic heterocycles. The number of nitrogens with one attached hydrogen (secondary N) is 1. The third-order valence-electron chi connectivity index (χ3n) is 4.42. The van der Waals surface area contributed by atoms with Crippen molar-refractivity contribution in [1.82, 2.24) is 0 Å². The predicted molar refractivity (Wildman–Crippen MR) is 147 cm³/mol. The molecule has 1 N–H and O–H groups in total. The summed E-state index contributed by atoms with van der Waals surface area (Å²) in [5.41, 5.74) is 2.13. The van der Waals surface area contributed by atoms with E-state index in [0.717, 1.165) is 12.7 Å². The summed E-state index contributed by atoms with van der Waals surface area (Å²) in [5.74, 6) is 0.626. The van der Waals surface area contributed by atoms with Crippen LogP contribution >= 0.6 is 56.8 Å². The van der Waals surface area contributed by atoms with Gasteiger partial charge in [0.25, 0.3) is 5.91 Å². The van der Waals surface area contributed by atoms with Crippen molar-refractivity contribution in [3.05, 3.63) is 89.5 Å². The van der Waals surface area contributed by atoms with Crippen LogP contribution in [0.5, 0.6) is 11.5 Å². The summed E-state index contributed by atoms with van der Waals surface area (Å²) in [6.07, 6.45) is 1.53. The second kappa shape index (κ2) is 12.3. The second-order valence-electron chi connectivity index (χ2n) is 6.78. The molecule has 0 saturated heterocycles. The number of nitrogens with zero attached hydrogens (tertiary/aromatic N) is 1. The summed E-state index contributed by atoms with van der Waals surface area (Å²) in [7, 11) is 0. The minimum Gasteiger partial charge on any atom is -0.490 e. The van der Waals surface area contributed by atoms with Crippen LogP contribution in [0.1, 0.15) is 18.1 Å². The van der Waals surface area contributed by atoms with Crippen LogP contribution in [-0.4, -0.2) is 12.5 Å². The van der Waals surface area contributed by atoms with Crippen LogP contribution in [0.3, 0.4) is 0 Å². The minimum absolute atomic E-state index is 0.0168. The Bertz CT molecular complexity index is 1240. The van der Waals surface area contributed by atoms with E-state index in [2.05, 4.69) is 50.5 Å². The number of carbonyl (C=O) groups is 1. The van der Waals surface area contributed by atoms with Gasteiger partial charge in [-0.15, -0.1) is 0 Å². The van der Waals surface area contributed by atoms with Gasteiger partial charge in [-0.05, 0) is 100 Å². The Morgan fingerprint density at radius 1 is 1.12 bits per heavy atom. The number of rotatable bonds is 8. The Morgan fingerprint density at radius 2 is 1.91 bits per heavy atom. The van der Waals surface area contributed by atoms with E-state index in [4.69, 9.17) is 21.1 Å². The smallest absolute Gasteiger partial charge is 0.266 e. The number of halogens is 3.